The first-order valence-corrected chi connectivity index (χ1v) is 21.0. The molecule has 2 unspecified atom stereocenters. The molecule has 0 saturated carbocycles. The van der Waals surface area contributed by atoms with Crippen LogP contribution in [0.1, 0.15) is 43.7 Å². The van der Waals surface area contributed by atoms with Gasteiger partial charge in [0.2, 0.25) is 17.6 Å². The topological polar surface area (TPSA) is 134 Å². The fourth-order valence-corrected chi connectivity index (χ4v) is 8.82. The third-order valence-electron chi connectivity index (χ3n) is 10.9. The van der Waals surface area contributed by atoms with Crippen molar-refractivity contribution in [2.75, 3.05) is 72.3 Å². The number of carbonyl (C=O) groups excluding carboxylic acids is 1. The molecule has 4 aromatic rings. The maximum atomic E-state index is 14.8. The van der Waals surface area contributed by atoms with Crippen molar-refractivity contribution in [2.24, 2.45) is 5.41 Å². The Morgan fingerprint density at radius 1 is 0.946 bits per heavy atom. The van der Waals surface area contributed by atoms with Crippen LogP contribution in [0.25, 0.3) is 11.0 Å². The highest BCUT2D eigenvalue weighted by Gasteiger charge is 2.55. The van der Waals surface area contributed by atoms with E-state index in [1.807, 2.05) is 25.1 Å². The van der Waals surface area contributed by atoms with Gasteiger partial charge in [-0.1, -0.05) is 24.3 Å². The molecule has 1 N–H and O–H groups in total. The first-order valence-electron chi connectivity index (χ1n) is 19.2. The maximum absolute atomic E-state index is 14.8. The van der Waals surface area contributed by atoms with Gasteiger partial charge in [-0.25, -0.2) is 9.37 Å². The number of imidazole rings is 1. The molecule has 0 aliphatic carbocycles. The minimum atomic E-state index is -3.95. The summed E-state index contributed by atoms with van der Waals surface area (Å²) in [5.41, 5.74) is 2.23. The Morgan fingerprint density at radius 3 is 2.29 bits per heavy atom. The number of carbonyl (C=O) groups is 1. The van der Waals surface area contributed by atoms with Gasteiger partial charge in [-0.05, 0) is 93.1 Å². The number of likely N-dealkylation sites (tertiary alicyclic amines) is 2. The smallest absolute Gasteiger partial charge is 0.264 e. The third kappa shape index (κ3) is 9.56. The summed E-state index contributed by atoms with van der Waals surface area (Å²) >= 11 is 0. The number of benzene rings is 3. The van der Waals surface area contributed by atoms with Gasteiger partial charge in [0, 0.05) is 45.4 Å². The van der Waals surface area contributed by atoms with Crippen LogP contribution in [0.2, 0.25) is 0 Å². The molecule has 13 nitrogen and oxygen atoms in total. The molecule has 2 fully saturated rings. The largest absolute Gasteiger partial charge is 0.493 e. The van der Waals surface area contributed by atoms with E-state index < -0.39 is 27.5 Å². The molecular formula is C41H54FN5O8S. The molecule has 304 valence electrons. The van der Waals surface area contributed by atoms with Crippen LogP contribution in [0.5, 0.6) is 17.2 Å². The molecule has 15 heteroatoms. The second-order valence-corrected chi connectivity index (χ2v) is 16.2. The zero-order valence-electron chi connectivity index (χ0n) is 33.0. The van der Waals surface area contributed by atoms with Gasteiger partial charge in [0.15, 0.2) is 11.5 Å². The average Bonchev–Trinajstić information content (AvgIpc) is 3.64. The van der Waals surface area contributed by atoms with Gasteiger partial charge in [-0.3, -0.25) is 8.98 Å². The van der Waals surface area contributed by atoms with Crippen LogP contribution >= 0.6 is 0 Å². The van der Waals surface area contributed by atoms with Crippen molar-refractivity contribution in [3.8, 4) is 17.2 Å². The number of amides is 1. The van der Waals surface area contributed by atoms with Gasteiger partial charge in [0.05, 0.1) is 50.6 Å². The molecule has 56 heavy (non-hydrogen) atoms. The number of piperidine rings is 1. The van der Waals surface area contributed by atoms with Crippen LogP contribution in [0.4, 0.5) is 10.3 Å². The first-order chi connectivity index (χ1) is 27.0. The van der Waals surface area contributed by atoms with Crippen LogP contribution in [0.15, 0.2) is 60.7 Å². The number of aromatic nitrogens is 2. The lowest BCUT2D eigenvalue weighted by Gasteiger charge is -2.35. The van der Waals surface area contributed by atoms with Crippen molar-refractivity contribution >= 4 is 33.0 Å². The lowest BCUT2D eigenvalue weighted by atomic mass is 9.74. The lowest BCUT2D eigenvalue weighted by Crippen LogP contribution is -2.44. The standard InChI is InChI=1S/C41H54FN5O8S/c1-6-54-23-22-47-34-11-8-7-10-33(34)44-40(47)43-32-16-20-45(21-17-32)19-9-18-41(26-29-12-14-31(42)15-13-29)37(55-56(5,49)50)28-46(39(41)48)27-30-24-35(51-2)38(53-4)36(25-30)52-3/h7-8,10-15,24-25,32,37H,6,9,16-23,26-28H2,1-5H3,(H,43,44). The lowest BCUT2D eigenvalue weighted by molar-refractivity contribution is -0.138. The van der Waals surface area contributed by atoms with Crippen LogP contribution in [-0.4, -0.2) is 113 Å². The molecule has 6 rings (SSSR count). The highest BCUT2D eigenvalue weighted by Crippen LogP contribution is 2.44. The minimum Gasteiger partial charge on any atom is -0.493 e. The molecule has 2 atom stereocenters. The molecule has 1 aromatic heterocycles. The Bertz CT molecular complexity index is 2030. The number of fused-ring (bicyclic) bond motifs is 1. The van der Waals surface area contributed by atoms with E-state index in [4.69, 9.17) is 28.1 Å². The molecule has 2 aliphatic rings. The summed E-state index contributed by atoms with van der Waals surface area (Å²) in [5.74, 6) is 1.53. The third-order valence-corrected chi connectivity index (χ3v) is 11.5. The van der Waals surface area contributed by atoms with Gasteiger partial charge in [0.1, 0.15) is 11.9 Å². The average molecular weight is 796 g/mol. The van der Waals surface area contributed by atoms with E-state index in [9.17, 15) is 17.6 Å². The Kier molecular flexibility index (Phi) is 13.4. The predicted molar refractivity (Wildman–Crippen MR) is 212 cm³/mol. The second kappa shape index (κ2) is 18.2. The van der Waals surface area contributed by atoms with E-state index in [1.54, 1.807) is 29.2 Å². The number of halogens is 1. The van der Waals surface area contributed by atoms with Gasteiger partial charge in [0.25, 0.3) is 10.1 Å². The molecule has 3 aromatic carbocycles. The second-order valence-electron chi connectivity index (χ2n) is 14.6. The van der Waals surface area contributed by atoms with Gasteiger partial charge >= 0.3 is 0 Å². The van der Waals surface area contributed by atoms with Crippen molar-refractivity contribution in [1.82, 2.24) is 19.4 Å². The van der Waals surface area contributed by atoms with Crippen LogP contribution < -0.4 is 19.5 Å². The predicted octanol–water partition coefficient (Wildman–Crippen LogP) is 5.51. The van der Waals surface area contributed by atoms with Crippen molar-refractivity contribution in [2.45, 2.75) is 64.3 Å². The van der Waals surface area contributed by atoms with E-state index in [0.29, 0.717) is 55.4 Å². The number of nitrogens with one attached hydrogen (secondary N) is 1. The van der Waals surface area contributed by atoms with Crippen molar-refractivity contribution in [3.63, 3.8) is 0 Å². The zero-order chi connectivity index (χ0) is 39.9. The molecule has 2 saturated heterocycles. The van der Waals surface area contributed by atoms with Crippen LogP contribution in [0, 0.1) is 11.2 Å². The summed E-state index contributed by atoms with van der Waals surface area (Å²) in [6.07, 6.45) is 3.06. The van der Waals surface area contributed by atoms with Crippen LogP contribution in [0.3, 0.4) is 0 Å². The van der Waals surface area contributed by atoms with Crippen molar-refractivity contribution in [1.29, 1.82) is 0 Å². The molecule has 0 radical (unpaired) electrons. The SMILES string of the molecule is CCOCCn1c(NC2CCN(CCCC3(Cc4ccc(F)cc4)C(=O)N(Cc4cc(OC)c(OC)c(OC)c4)CC3OS(C)(=O)=O)CC2)nc2ccccc21. The van der Waals surface area contributed by atoms with Crippen molar-refractivity contribution in [3.05, 3.63) is 77.6 Å². The molecule has 0 bridgehead atoms. The number of nitrogens with zero attached hydrogens (tertiary/aromatic N) is 4. The Balaban J connectivity index is 1.17. The summed E-state index contributed by atoms with van der Waals surface area (Å²) in [5, 5.41) is 3.70. The summed E-state index contributed by atoms with van der Waals surface area (Å²) in [4.78, 5) is 23.7. The van der Waals surface area contributed by atoms with E-state index in [-0.39, 0.29) is 31.5 Å². The number of anilines is 1. The first kappa shape index (κ1) is 41.2. The monoisotopic (exact) mass is 795 g/mol. The van der Waals surface area contributed by atoms with E-state index in [0.717, 1.165) is 61.3 Å². The molecule has 3 heterocycles. The molecule has 0 spiro atoms. The van der Waals surface area contributed by atoms with E-state index >= 15 is 0 Å². The maximum Gasteiger partial charge on any atom is 0.264 e. The fourth-order valence-electron chi connectivity index (χ4n) is 8.15. The summed E-state index contributed by atoms with van der Waals surface area (Å²) < 4.78 is 69.7. The van der Waals surface area contributed by atoms with Gasteiger partial charge in [-0.15, -0.1) is 0 Å². The fraction of sp³-hybridized carbons (Fsp3) is 0.512. The Labute approximate surface area is 329 Å². The normalized spacial score (nSPS) is 19.5. The molecular weight excluding hydrogens is 742 g/mol. The molecule has 1 amide bonds. The van der Waals surface area contributed by atoms with Crippen LogP contribution in [-0.2, 0) is 43.3 Å². The number of para-hydroxylation sites is 2. The van der Waals surface area contributed by atoms with E-state index in [1.165, 1.54) is 33.5 Å². The number of hydrogen-bond acceptors (Lipinski definition) is 11. The van der Waals surface area contributed by atoms with Crippen molar-refractivity contribution < 1.29 is 40.7 Å². The summed E-state index contributed by atoms with van der Waals surface area (Å²) in [7, 11) is 0.609. The highest BCUT2D eigenvalue weighted by molar-refractivity contribution is 7.86. The zero-order valence-corrected chi connectivity index (χ0v) is 33.8. The molecule has 2 aliphatic heterocycles. The number of methoxy groups -OCH3 is 3. The number of ether oxygens (including phenoxy) is 4. The summed E-state index contributed by atoms with van der Waals surface area (Å²) in [6.45, 7) is 6.60. The number of hydrogen-bond donors (Lipinski definition) is 1. The van der Waals surface area contributed by atoms with E-state index in [2.05, 4.69) is 20.9 Å². The summed E-state index contributed by atoms with van der Waals surface area (Å²) in [6, 6.07) is 17.9. The Hall–Kier alpha value is -4.44. The van der Waals surface area contributed by atoms with Gasteiger partial charge in [-0.2, -0.15) is 8.42 Å². The Morgan fingerprint density at radius 2 is 1.64 bits per heavy atom. The minimum absolute atomic E-state index is 0.0517. The number of rotatable bonds is 19. The highest BCUT2D eigenvalue weighted by atomic mass is 32.2. The van der Waals surface area contributed by atoms with Gasteiger partial charge < -0.3 is 38.6 Å². The quantitative estimate of drug-likeness (QED) is 0.0952.